The number of hydrogen-bond donors (Lipinski definition) is 0. The number of carbonyl (C=O) groups excluding carboxylic acids is 2. The second kappa shape index (κ2) is 18.4. The van der Waals surface area contributed by atoms with Gasteiger partial charge in [0.1, 0.15) is 11.5 Å². The first-order valence-electron chi connectivity index (χ1n) is 12.6. The highest BCUT2D eigenvalue weighted by Crippen LogP contribution is 2.48. The fraction of sp³-hybridized carbons (Fsp3) is 0.481. The summed E-state index contributed by atoms with van der Waals surface area (Å²) >= 11 is 10.8. The van der Waals surface area contributed by atoms with E-state index in [4.69, 9.17) is 46.2 Å². The Balaban J connectivity index is 1.45. The molecule has 0 radical (unpaired) electrons. The summed E-state index contributed by atoms with van der Waals surface area (Å²) in [5.41, 5.74) is 0.870. The number of benzene rings is 2. The summed E-state index contributed by atoms with van der Waals surface area (Å²) in [5, 5.41) is -0.986. The van der Waals surface area contributed by atoms with E-state index in [0.717, 1.165) is 51.4 Å². The normalized spacial score (nSPS) is 11.3. The van der Waals surface area contributed by atoms with E-state index < -0.39 is 18.3 Å². The van der Waals surface area contributed by atoms with Gasteiger partial charge in [0.15, 0.2) is 0 Å². The van der Waals surface area contributed by atoms with Crippen LogP contribution in [0.4, 0.5) is 0 Å². The number of unbranched alkanes of at least 4 members (excludes halogenated alkanes) is 6. The van der Waals surface area contributed by atoms with E-state index in [2.05, 4.69) is 0 Å². The Labute approximate surface area is 234 Å². The first kappa shape index (κ1) is 32.3. The van der Waals surface area contributed by atoms with E-state index in [1.807, 2.05) is 0 Å². The summed E-state index contributed by atoms with van der Waals surface area (Å²) < 4.78 is 39.6. The van der Waals surface area contributed by atoms with Crippen molar-refractivity contribution in [2.45, 2.75) is 51.4 Å². The van der Waals surface area contributed by atoms with Crippen molar-refractivity contribution in [3.05, 3.63) is 59.7 Å². The van der Waals surface area contributed by atoms with Gasteiger partial charge in [-0.1, -0.05) is 12.8 Å². The molecule has 0 aromatic heterocycles. The van der Waals surface area contributed by atoms with Crippen molar-refractivity contribution in [3.8, 4) is 11.5 Å². The number of carbonyl (C=O) groups is 2. The number of rotatable bonds is 21. The van der Waals surface area contributed by atoms with Crippen molar-refractivity contribution in [2.75, 3.05) is 33.5 Å². The van der Waals surface area contributed by atoms with E-state index in [1.165, 1.54) is 7.11 Å². The molecule has 0 bridgehead atoms. The number of phosphoric acid groups is 1. The van der Waals surface area contributed by atoms with Gasteiger partial charge in [-0.15, -0.1) is 0 Å². The molecule has 0 fully saturated rings. The van der Waals surface area contributed by atoms with Crippen LogP contribution in [0, 0.1) is 0 Å². The van der Waals surface area contributed by atoms with Gasteiger partial charge in [-0.3, -0.25) is 23.2 Å². The molecule has 0 saturated carbocycles. The molecule has 8 nitrogen and oxygen atoms in total. The second-order valence-corrected chi connectivity index (χ2v) is 10.9. The van der Waals surface area contributed by atoms with Crippen molar-refractivity contribution in [3.63, 3.8) is 0 Å². The first-order chi connectivity index (χ1) is 18.3. The highest BCUT2D eigenvalue weighted by atomic mass is 35.5. The molecule has 0 aliphatic heterocycles. The molecule has 38 heavy (non-hydrogen) atoms. The average Bonchev–Trinajstić information content (AvgIpc) is 2.92. The maximum absolute atomic E-state index is 12.5. The zero-order valence-corrected chi connectivity index (χ0v) is 24.0. The van der Waals surface area contributed by atoms with Crippen LogP contribution in [0.5, 0.6) is 11.5 Å². The standard InChI is InChI=1S/C27H35Cl2O8P/c1-33-38(32,36-20-8-4-2-6-18-34-24-14-10-22(11-15-24)26(28)30)37-21-9-5-3-7-19-35-25-16-12-23(13-17-25)27(29)31/h10-17H,2-9,18-21H2,1H3. The van der Waals surface area contributed by atoms with Crippen LogP contribution < -0.4 is 9.47 Å². The van der Waals surface area contributed by atoms with Gasteiger partial charge in [-0.2, -0.15) is 0 Å². The molecule has 0 spiro atoms. The molecule has 0 saturated heterocycles. The van der Waals surface area contributed by atoms with Crippen molar-refractivity contribution in [1.29, 1.82) is 0 Å². The average molecular weight is 589 g/mol. The SMILES string of the molecule is COP(=O)(OCCCCCCOc1ccc(C(=O)Cl)cc1)OCCCCCCOc1ccc(C(=O)Cl)cc1. The molecule has 0 aliphatic carbocycles. The van der Waals surface area contributed by atoms with Gasteiger partial charge in [-0.25, -0.2) is 4.57 Å². The van der Waals surface area contributed by atoms with Gasteiger partial charge < -0.3 is 9.47 Å². The second-order valence-electron chi connectivity index (χ2n) is 8.42. The topological polar surface area (TPSA) is 97.4 Å². The summed E-state index contributed by atoms with van der Waals surface area (Å²) in [6, 6.07) is 13.4. The Morgan fingerprint density at radius 1 is 0.605 bits per heavy atom. The van der Waals surface area contributed by atoms with Gasteiger partial charge in [0, 0.05) is 18.2 Å². The molecule has 2 aromatic rings. The van der Waals surface area contributed by atoms with Crippen LogP contribution in [-0.2, 0) is 18.1 Å². The third-order valence-electron chi connectivity index (χ3n) is 5.50. The Morgan fingerprint density at radius 3 is 1.26 bits per heavy atom. The minimum Gasteiger partial charge on any atom is -0.494 e. The van der Waals surface area contributed by atoms with E-state index >= 15 is 0 Å². The Kier molecular flexibility index (Phi) is 15.6. The zero-order valence-electron chi connectivity index (χ0n) is 21.6. The van der Waals surface area contributed by atoms with E-state index in [1.54, 1.807) is 48.5 Å². The summed E-state index contributed by atoms with van der Waals surface area (Å²) in [7, 11) is -2.22. The molecule has 2 aromatic carbocycles. The minimum absolute atomic E-state index is 0.289. The highest BCUT2D eigenvalue weighted by Gasteiger charge is 2.24. The quantitative estimate of drug-likeness (QED) is 0.0826. The fourth-order valence-corrected chi connectivity index (χ4v) is 4.60. The van der Waals surface area contributed by atoms with Crippen LogP contribution >= 0.6 is 31.0 Å². The van der Waals surface area contributed by atoms with Gasteiger partial charge in [0.25, 0.3) is 10.5 Å². The third-order valence-corrected chi connectivity index (χ3v) is 7.38. The maximum Gasteiger partial charge on any atom is 0.474 e. The molecule has 0 amide bonds. The number of hydrogen-bond acceptors (Lipinski definition) is 8. The molecule has 0 aliphatic rings. The van der Waals surface area contributed by atoms with E-state index in [-0.39, 0.29) is 13.2 Å². The van der Waals surface area contributed by atoms with Crippen LogP contribution in [-0.4, -0.2) is 44.0 Å². The smallest absolute Gasteiger partial charge is 0.474 e. The molecule has 2 rings (SSSR count). The zero-order chi connectivity index (χ0) is 27.6. The largest absolute Gasteiger partial charge is 0.494 e. The molecule has 0 unspecified atom stereocenters. The molecule has 210 valence electrons. The summed E-state index contributed by atoms with van der Waals surface area (Å²) in [6.07, 6.45) is 6.83. The minimum atomic E-state index is -3.54. The van der Waals surface area contributed by atoms with Crippen LogP contribution in [0.2, 0.25) is 0 Å². The predicted octanol–water partition coefficient (Wildman–Crippen LogP) is 7.81. The van der Waals surface area contributed by atoms with Crippen molar-refractivity contribution >= 4 is 41.5 Å². The van der Waals surface area contributed by atoms with Crippen LogP contribution in [0.15, 0.2) is 48.5 Å². The lowest BCUT2D eigenvalue weighted by molar-refractivity contribution is 0.107. The number of phosphoric ester groups is 1. The maximum atomic E-state index is 12.5. The van der Waals surface area contributed by atoms with Gasteiger partial charge >= 0.3 is 7.82 Å². The lowest BCUT2D eigenvalue weighted by Gasteiger charge is -2.16. The lowest BCUT2D eigenvalue weighted by Crippen LogP contribution is -2.02. The molecular weight excluding hydrogens is 554 g/mol. The van der Waals surface area contributed by atoms with Crippen LogP contribution in [0.3, 0.4) is 0 Å². The third kappa shape index (κ3) is 13.2. The predicted molar refractivity (Wildman–Crippen MR) is 148 cm³/mol. The highest BCUT2D eigenvalue weighted by molar-refractivity contribution is 7.48. The number of halogens is 2. The van der Waals surface area contributed by atoms with Crippen molar-refractivity contribution < 1.29 is 37.2 Å². The molecule has 0 atom stereocenters. The van der Waals surface area contributed by atoms with Gasteiger partial charge in [0.2, 0.25) is 0 Å². The number of ether oxygens (including phenoxy) is 2. The van der Waals surface area contributed by atoms with E-state index in [9.17, 15) is 14.2 Å². The Morgan fingerprint density at radius 2 is 0.947 bits per heavy atom. The molecule has 11 heteroatoms. The Bertz CT molecular complexity index is 937. The lowest BCUT2D eigenvalue weighted by atomic mass is 10.2. The van der Waals surface area contributed by atoms with Gasteiger partial charge in [0.05, 0.1) is 26.4 Å². The monoisotopic (exact) mass is 588 g/mol. The van der Waals surface area contributed by atoms with Crippen molar-refractivity contribution in [1.82, 2.24) is 0 Å². The van der Waals surface area contributed by atoms with E-state index in [0.29, 0.717) is 35.8 Å². The summed E-state index contributed by atoms with van der Waals surface area (Å²) in [4.78, 5) is 22.1. The fourth-order valence-electron chi connectivity index (χ4n) is 3.36. The first-order valence-corrected chi connectivity index (χ1v) is 14.8. The molecule has 0 N–H and O–H groups in total. The van der Waals surface area contributed by atoms with Crippen LogP contribution in [0.25, 0.3) is 0 Å². The van der Waals surface area contributed by atoms with Gasteiger partial charge in [-0.05, 0) is 110 Å². The van der Waals surface area contributed by atoms with Crippen molar-refractivity contribution in [2.24, 2.45) is 0 Å². The Hall–Kier alpha value is -1.93. The molecular formula is C27H35Cl2O8P. The summed E-state index contributed by atoms with van der Waals surface area (Å²) in [6.45, 7) is 1.70. The molecule has 0 heterocycles. The van der Waals surface area contributed by atoms with Crippen LogP contribution in [0.1, 0.15) is 72.1 Å². The summed E-state index contributed by atoms with van der Waals surface area (Å²) in [5.74, 6) is 1.38.